The molecule has 0 aliphatic heterocycles. The Morgan fingerprint density at radius 1 is 1.62 bits per heavy atom. The third-order valence-corrected chi connectivity index (χ3v) is 2.74. The van der Waals surface area contributed by atoms with Crippen molar-refractivity contribution >= 4 is 17.4 Å². The van der Waals surface area contributed by atoms with Crippen LogP contribution >= 0.6 is 11.6 Å². The highest BCUT2D eigenvalue weighted by Gasteiger charge is 2.15. The molecule has 1 aromatic rings. The lowest BCUT2D eigenvalue weighted by molar-refractivity contribution is 0.183. The van der Waals surface area contributed by atoms with Gasteiger partial charge in [-0.2, -0.15) is 0 Å². The Morgan fingerprint density at radius 2 is 2.31 bits per heavy atom. The molecule has 0 bridgehead atoms. The number of ether oxygens (including phenoxy) is 1. The average molecular weight is 247 g/mol. The van der Waals surface area contributed by atoms with E-state index in [1.54, 1.807) is 7.11 Å². The zero-order valence-electron chi connectivity index (χ0n) is 9.70. The van der Waals surface area contributed by atoms with E-state index in [1.807, 2.05) is 18.9 Å². The largest absolute Gasteiger partial charge is 0.383 e. The minimum atomic E-state index is -0.368. The van der Waals surface area contributed by atoms with Crippen LogP contribution in [0.1, 0.15) is 12.5 Å². The van der Waals surface area contributed by atoms with Crippen LogP contribution in [0.2, 0.25) is 0 Å². The van der Waals surface area contributed by atoms with Gasteiger partial charge in [-0.05, 0) is 13.0 Å². The van der Waals surface area contributed by atoms with Gasteiger partial charge in [0.2, 0.25) is 0 Å². The van der Waals surface area contributed by atoms with E-state index in [9.17, 15) is 4.39 Å². The summed E-state index contributed by atoms with van der Waals surface area (Å²) in [6.07, 6.45) is 1.20. The second-order valence-electron chi connectivity index (χ2n) is 3.69. The maximum absolute atomic E-state index is 13.0. The Kier molecular flexibility index (Phi) is 4.96. The second-order valence-corrected chi connectivity index (χ2v) is 3.95. The van der Waals surface area contributed by atoms with Gasteiger partial charge in [0.05, 0.1) is 24.7 Å². The molecule has 1 atom stereocenters. The molecule has 16 heavy (non-hydrogen) atoms. The smallest absolute Gasteiger partial charge is 0.141 e. The van der Waals surface area contributed by atoms with Crippen molar-refractivity contribution in [1.82, 2.24) is 4.98 Å². The fourth-order valence-corrected chi connectivity index (χ4v) is 1.65. The van der Waals surface area contributed by atoms with Crippen molar-refractivity contribution in [3.63, 3.8) is 0 Å². The molecule has 3 nitrogen and oxygen atoms in total. The van der Waals surface area contributed by atoms with Crippen LogP contribution in [0.4, 0.5) is 10.2 Å². The van der Waals surface area contributed by atoms with Crippen molar-refractivity contribution in [2.45, 2.75) is 18.8 Å². The van der Waals surface area contributed by atoms with E-state index in [4.69, 9.17) is 16.3 Å². The predicted molar refractivity (Wildman–Crippen MR) is 63.5 cm³/mol. The number of alkyl halides is 1. The first-order chi connectivity index (χ1) is 7.60. The van der Waals surface area contributed by atoms with Crippen molar-refractivity contribution in [3.8, 4) is 0 Å². The highest BCUT2D eigenvalue weighted by Crippen LogP contribution is 2.21. The lowest BCUT2D eigenvalue weighted by atomic mass is 10.2. The van der Waals surface area contributed by atoms with Gasteiger partial charge in [0.15, 0.2) is 0 Å². The van der Waals surface area contributed by atoms with Gasteiger partial charge in [0, 0.05) is 19.7 Å². The molecule has 0 amide bonds. The van der Waals surface area contributed by atoms with Crippen LogP contribution < -0.4 is 4.90 Å². The molecule has 0 spiro atoms. The number of halogens is 2. The van der Waals surface area contributed by atoms with Gasteiger partial charge in [0.1, 0.15) is 11.6 Å². The van der Waals surface area contributed by atoms with Crippen molar-refractivity contribution in [3.05, 3.63) is 23.6 Å². The summed E-state index contributed by atoms with van der Waals surface area (Å²) in [6, 6.07) is 1.57. The SMILES string of the molecule is COCC(C)N(C)c1ncc(F)cc1CCl. The lowest BCUT2D eigenvalue weighted by Gasteiger charge is -2.26. The molecular weight excluding hydrogens is 231 g/mol. The first-order valence-electron chi connectivity index (χ1n) is 5.02. The Hall–Kier alpha value is -0.870. The molecule has 0 radical (unpaired) electrons. The number of likely N-dealkylation sites (N-methyl/N-ethyl adjacent to an activating group) is 1. The molecular formula is C11H16ClFN2O. The summed E-state index contributed by atoms with van der Waals surface area (Å²) in [5.41, 5.74) is 0.687. The maximum atomic E-state index is 13.0. The highest BCUT2D eigenvalue weighted by molar-refractivity contribution is 6.17. The molecule has 0 aromatic carbocycles. The second kappa shape index (κ2) is 6.01. The molecule has 1 unspecified atom stereocenters. The Labute approximate surface area is 100 Å². The van der Waals surface area contributed by atoms with Crippen molar-refractivity contribution in [1.29, 1.82) is 0 Å². The summed E-state index contributed by atoms with van der Waals surface area (Å²) in [5, 5.41) is 0. The molecule has 5 heteroatoms. The number of rotatable bonds is 5. The monoisotopic (exact) mass is 246 g/mol. The predicted octanol–water partition coefficient (Wildman–Crippen LogP) is 2.43. The minimum absolute atomic E-state index is 0.157. The average Bonchev–Trinajstić information content (AvgIpc) is 2.28. The molecule has 0 saturated heterocycles. The molecule has 0 aliphatic rings. The summed E-state index contributed by atoms with van der Waals surface area (Å²) in [5.74, 6) is 0.567. The summed E-state index contributed by atoms with van der Waals surface area (Å²) in [6.45, 7) is 2.59. The highest BCUT2D eigenvalue weighted by atomic mass is 35.5. The third-order valence-electron chi connectivity index (χ3n) is 2.46. The number of pyridine rings is 1. The first kappa shape index (κ1) is 13.2. The van der Waals surface area contributed by atoms with Gasteiger partial charge in [-0.25, -0.2) is 9.37 Å². The molecule has 0 saturated carbocycles. The number of hydrogen-bond acceptors (Lipinski definition) is 3. The lowest BCUT2D eigenvalue weighted by Crippen LogP contribution is -2.33. The standard InChI is InChI=1S/C11H16ClFN2O/c1-8(7-16-3)15(2)11-9(5-12)4-10(13)6-14-11/h4,6,8H,5,7H2,1-3H3. The van der Waals surface area contributed by atoms with E-state index in [0.717, 1.165) is 0 Å². The van der Waals surface area contributed by atoms with Crippen LogP contribution in [0, 0.1) is 5.82 Å². The normalized spacial score (nSPS) is 12.6. The van der Waals surface area contributed by atoms with Crippen LogP contribution in [0.3, 0.4) is 0 Å². The van der Waals surface area contributed by atoms with Crippen LogP contribution in [0.5, 0.6) is 0 Å². The first-order valence-corrected chi connectivity index (χ1v) is 5.55. The molecule has 1 aromatic heterocycles. The van der Waals surface area contributed by atoms with Gasteiger partial charge in [-0.1, -0.05) is 0 Å². The van der Waals surface area contributed by atoms with Crippen molar-refractivity contribution in [2.75, 3.05) is 25.7 Å². The number of nitrogens with zero attached hydrogens (tertiary/aromatic N) is 2. The summed E-state index contributed by atoms with van der Waals surface area (Å²) >= 11 is 5.77. The van der Waals surface area contributed by atoms with E-state index < -0.39 is 0 Å². The fourth-order valence-electron chi connectivity index (χ4n) is 1.45. The number of anilines is 1. The molecule has 90 valence electrons. The van der Waals surface area contributed by atoms with Gasteiger partial charge < -0.3 is 9.64 Å². The molecule has 0 N–H and O–H groups in total. The van der Waals surface area contributed by atoms with Crippen molar-refractivity contribution in [2.24, 2.45) is 0 Å². The van der Waals surface area contributed by atoms with E-state index in [2.05, 4.69) is 4.98 Å². The van der Waals surface area contributed by atoms with Gasteiger partial charge >= 0.3 is 0 Å². The summed E-state index contributed by atoms with van der Waals surface area (Å²) in [7, 11) is 3.53. The molecule has 0 aliphatic carbocycles. The number of aromatic nitrogens is 1. The van der Waals surface area contributed by atoms with Gasteiger partial charge in [-0.3, -0.25) is 0 Å². The molecule has 1 heterocycles. The van der Waals surface area contributed by atoms with E-state index in [0.29, 0.717) is 18.0 Å². The molecule has 0 fully saturated rings. The van der Waals surface area contributed by atoms with E-state index in [-0.39, 0.29) is 17.7 Å². The van der Waals surface area contributed by atoms with Crippen LogP contribution in [-0.4, -0.2) is 31.8 Å². The van der Waals surface area contributed by atoms with E-state index >= 15 is 0 Å². The topological polar surface area (TPSA) is 25.4 Å². The zero-order valence-corrected chi connectivity index (χ0v) is 10.5. The van der Waals surface area contributed by atoms with Gasteiger partial charge in [-0.15, -0.1) is 11.6 Å². The zero-order chi connectivity index (χ0) is 12.1. The van der Waals surface area contributed by atoms with Crippen LogP contribution in [0.15, 0.2) is 12.3 Å². The Balaban J connectivity index is 2.93. The Morgan fingerprint density at radius 3 is 2.88 bits per heavy atom. The summed E-state index contributed by atoms with van der Waals surface area (Å²) in [4.78, 5) is 5.99. The third kappa shape index (κ3) is 3.06. The van der Waals surface area contributed by atoms with E-state index in [1.165, 1.54) is 12.3 Å². The van der Waals surface area contributed by atoms with Gasteiger partial charge in [0.25, 0.3) is 0 Å². The fraction of sp³-hybridized carbons (Fsp3) is 0.545. The Bertz CT molecular complexity index is 349. The number of methoxy groups -OCH3 is 1. The van der Waals surface area contributed by atoms with Crippen molar-refractivity contribution < 1.29 is 9.13 Å². The maximum Gasteiger partial charge on any atom is 0.141 e. The van der Waals surface area contributed by atoms with Crippen LogP contribution in [0.25, 0.3) is 0 Å². The molecule has 1 rings (SSSR count). The summed E-state index contributed by atoms with van der Waals surface area (Å²) < 4.78 is 18.0. The quantitative estimate of drug-likeness (QED) is 0.747. The van der Waals surface area contributed by atoms with Crippen LogP contribution in [-0.2, 0) is 10.6 Å². The number of hydrogen-bond donors (Lipinski definition) is 0. The minimum Gasteiger partial charge on any atom is -0.383 e.